The van der Waals surface area contributed by atoms with Crippen molar-refractivity contribution in [1.82, 2.24) is 10.1 Å². The van der Waals surface area contributed by atoms with Gasteiger partial charge in [0.2, 0.25) is 0 Å². The first-order valence-electron chi connectivity index (χ1n) is 6.48. The highest BCUT2D eigenvalue weighted by Crippen LogP contribution is 2.31. The van der Waals surface area contributed by atoms with Gasteiger partial charge in [-0.05, 0) is 17.5 Å². The number of carbonyl (C=O) groups excluding carboxylic acids is 2. The van der Waals surface area contributed by atoms with Gasteiger partial charge < -0.3 is 0 Å². The minimum Gasteiger partial charge on any atom is -0.267 e. The summed E-state index contributed by atoms with van der Waals surface area (Å²) >= 11 is 0. The summed E-state index contributed by atoms with van der Waals surface area (Å²) in [6.07, 6.45) is 2.45. The van der Waals surface area contributed by atoms with E-state index in [1.54, 1.807) is 18.3 Å². The Hall–Kier alpha value is -2.69. The molecule has 2 amide bonds. The molecule has 5 nitrogen and oxygen atoms in total. The monoisotopic (exact) mass is 265 g/mol. The average molecular weight is 265 g/mol. The highest BCUT2D eigenvalue weighted by molar-refractivity contribution is 6.25. The minimum atomic E-state index is -0.307. The van der Waals surface area contributed by atoms with Gasteiger partial charge in [-0.15, -0.1) is 0 Å². The van der Waals surface area contributed by atoms with E-state index in [9.17, 15) is 9.59 Å². The molecule has 2 aromatic rings. The quantitative estimate of drug-likeness (QED) is 0.741. The van der Waals surface area contributed by atoms with Crippen LogP contribution in [0, 0.1) is 0 Å². The Balaban J connectivity index is 1.97. The lowest BCUT2D eigenvalue weighted by molar-refractivity contribution is 0.00283. The molecule has 5 heteroatoms. The zero-order valence-corrected chi connectivity index (χ0v) is 10.6. The molecule has 2 aliphatic rings. The van der Waals surface area contributed by atoms with E-state index in [0.717, 1.165) is 22.2 Å². The summed E-state index contributed by atoms with van der Waals surface area (Å²) in [6, 6.07) is 11.0. The van der Waals surface area contributed by atoms with Gasteiger partial charge in [-0.1, -0.05) is 24.3 Å². The minimum absolute atomic E-state index is 0.307. The molecule has 0 atom stereocenters. The van der Waals surface area contributed by atoms with E-state index in [0.29, 0.717) is 17.7 Å². The third kappa shape index (κ3) is 1.34. The van der Waals surface area contributed by atoms with E-state index in [1.165, 1.54) is 5.12 Å². The van der Waals surface area contributed by atoms with Gasteiger partial charge in [0, 0.05) is 18.0 Å². The SMILES string of the molecule is O=C1c2cccc3cccc(c23)C(=O)N1N1CCC=N1. The molecule has 0 saturated carbocycles. The maximum absolute atomic E-state index is 12.6. The first-order chi connectivity index (χ1) is 9.77. The van der Waals surface area contributed by atoms with Crippen LogP contribution in [0.2, 0.25) is 0 Å². The van der Waals surface area contributed by atoms with Crippen LogP contribution in [0.5, 0.6) is 0 Å². The van der Waals surface area contributed by atoms with E-state index >= 15 is 0 Å². The molecular formula is C15H11N3O2. The maximum atomic E-state index is 12.6. The highest BCUT2D eigenvalue weighted by atomic mass is 16.2. The second-order valence-electron chi connectivity index (χ2n) is 4.81. The smallest absolute Gasteiger partial charge is 0.267 e. The first kappa shape index (κ1) is 11.2. The lowest BCUT2D eigenvalue weighted by Gasteiger charge is -2.32. The lowest BCUT2D eigenvalue weighted by Crippen LogP contribution is -2.48. The largest absolute Gasteiger partial charge is 0.281 e. The third-order valence-corrected chi connectivity index (χ3v) is 3.65. The van der Waals surface area contributed by atoms with Gasteiger partial charge in [0.1, 0.15) is 0 Å². The van der Waals surface area contributed by atoms with Crippen molar-refractivity contribution in [2.75, 3.05) is 6.54 Å². The van der Waals surface area contributed by atoms with Crippen LogP contribution >= 0.6 is 0 Å². The Morgan fingerprint density at radius 3 is 2.15 bits per heavy atom. The van der Waals surface area contributed by atoms with Crippen molar-refractivity contribution in [2.45, 2.75) is 6.42 Å². The van der Waals surface area contributed by atoms with Crippen molar-refractivity contribution in [1.29, 1.82) is 0 Å². The van der Waals surface area contributed by atoms with E-state index in [1.807, 2.05) is 24.3 Å². The van der Waals surface area contributed by atoms with Crippen LogP contribution < -0.4 is 0 Å². The normalized spacial score (nSPS) is 17.4. The summed E-state index contributed by atoms with van der Waals surface area (Å²) in [4.78, 5) is 25.2. The second kappa shape index (κ2) is 3.90. The average Bonchev–Trinajstić information content (AvgIpc) is 2.99. The summed E-state index contributed by atoms with van der Waals surface area (Å²) in [5.74, 6) is -0.614. The van der Waals surface area contributed by atoms with Crippen molar-refractivity contribution in [3.63, 3.8) is 0 Å². The fraction of sp³-hybridized carbons (Fsp3) is 0.133. The van der Waals surface area contributed by atoms with Crippen LogP contribution in [0.3, 0.4) is 0 Å². The maximum Gasteiger partial charge on any atom is 0.281 e. The van der Waals surface area contributed by atoms with Gasteiger partial charge >= 0.3 is 0 Å². The molecule has 0 radical (unpaired) electrons. The van der Waals surface area contributed by atoms with Crippen LogP contribution in [0.4, 0.5) is 0 Å². The van der Waals surface area contributed by atoms with E-state index < -0.39 is 0 Å². The predicted octanol–water partition coefficient (Wildman–Crippen LogP) is 2.04. The van der Waals surface area contributed by atoms with Crippen LogP contribution in [-0.4, -0.2) is 34.7 Å². The number of imide groups is 1. The highest BCUT2D eigenvalue weighted by Gasteiger charge is 2.36. The summed E-state index contributed by atoms with van der Waals surface area (Å²) in [5, 5.41) is 8.32. The molecule has 4 rings (SSSR count). The Morgan fingerprint density at radius 2 is 1.60 bits per heavy atom. The molecule has 0 unspecified atom stereocenters. The van der Waals surface area contributed by atoms with Gasteiger partial charge in [0.25, 0.3) is 11.8 Å². The number of hydrazine groups is 1. The van der Waals surface area contributed by atoms with Crippen molar-refractivity contribution < 1.29 is 9.59 Å². The number of carbonyl (C=O) groups is 2. The molecule has 2 heterocycles. The number of hydrogen-bond acceptors (Lipinski definition) is 4. The van der Waals surface area contributed by atoms with Gasteiger partial charge in [-0.3, -0.25) is 9.59 Å². The molecule has 0 aliphatic carbocycles. The van der Waals surface area contributed by atoms with Crippen molar-refractivity contribution in [3.8, 4) is 0 Å². The first-order valence-corrected chi connectivity index (χ1v) is 6.48. The van der Waals surface area contributed by atoms with Crippen molar-refractivity contribution >= 4 is 28.8 Å². The molecule has 0 spiro atoms. The number of benzene rings is 2. The molecule has 2 aliphatic heterocycles. The Bertz CT molecular complexity index is 731. The summed E-state index contributed by atoms with van der Waals surface area (Å²) < 4.78 is 0. The Kier molecular flexibility index (Phi) is 2.18. The number of nitrogens with zero attached hydrogens (tertiary/aromatic N) is 3. The Morgan fingerprint density at radius 1 is 0.950 bits per heavy atom. The fourth-order valence-corrected chi connectivity index (χ4v) is 2.76. The molecule has 0 aromatic heterocycles. The number of hydrazone groups is 1. The fourth-order valence-electron chi connectivity index (χ4n) is 2.76. The van der Waals surface area contributed by atoms with Crippen LogP contribution in [-0.2, 0) is 0 Å². The summed E-state index contributed by atoms with van der Waals surface area (Å²) in [7, 11) is 0. The van der Waals surface area contributed by atoms with E-state index in [-0.39, 0.29) is 11.8 Å². The Labute approximate surface area is 115 Å². The number of amides is 2. The van der Waals surface area contributed by atoms with Gasteiger partial charge in [0.05, 0.1) is 17.7 Å². The standard InChI is InChI=1S/C15H11N3O2/c19-14-11-6-1-4-10-5-2-7-12(13(10)11)15(20)18(14)17-9-3-8-16-17/h1-2,4-8H,3,9H2. The molecule has 0 fully saturated rings. The predicted molar refractivity (Wildman–Crippen MR) is 74.3 cm³/mol. The van der Waals surface area contributed by atoms with Crippen molar-refractivity contribution in [3.05, 3.63) is 47.5 Å². The summed E-state index contributed by atoms with van der Waals surface area (Å²) in [6.45, 7) is 0.551. The zero-order chi connectivity index (χ0) is 13.7. The molecule has 2 aromatic carbocycles. The third-order valence-electron chi connectivity index (χ3n) is 3.65. The molecular weight excluding hydrogens is 254 g/mol. The zero-order valence-electron chi connectivity index (χ0n) is 10.6. The molecule has 98 valence electrons. The van der Waals surface area contributed by atoms with Crippen molar-refractivity contribution in [2.24, 2.45) is 5.10 Å². The molecule has 20 heavy (non-hydrogen) atoms. The summed E-state index contributed by atoms with van der Waals surface area (Å²) in [5.41, 5.74) is 1.11. The second-order valence-corrected chi connectivity index (χ2v) is 4.81. The topological polar surface area (TPSA) is 53.0 Å². The molecule has 0 bridgehead atoms. The van der Waals surface area contributed by atoms with E-state index in [4.69, 9.17) is 0 Å². The van der Waals surface area contributed by atoms with Gasteiger partial charge in [0.15, 0.2) is 0 Å². The molecule has 0 N–H and O–H groups in total. The van der Waals surface area contributed by atoms with Crippen LogP contribution in [0.1, 0.15) is 27.1 Å². The van der Waals surface area contributed by atoms with Gasteiger partial charge in [-0.25, -0.2) is 0 Å². The van der Waals surface area contributed by atoms with Crippen LogP contribution in [0.15, 0.2) is 41.5 Å². The number of hydrogen-bond donors (Lipinski definition) is 0. The van der Waals surface area contributed by atoms with E-state index in [2.05, 4.69) is 5.10 Å². The van der Waals surface area contributed by atoms with Gasteiger partial charge in [-0.2, -0.15) is 15.2 Å². The lowest BCUT2D eigenvalue weighted by atomic mass is 9.95. The molecule has 0 saturated heterocycles. The number of rotatable bonds is 1. The van der Waals surface area contributed by atoms with Crippen LogP contribution in [0.25, 0.3) is 10.8 Å².